The highest BCUT2D eigenvalue weighted by molar-refractivity contribution is 5.86. The van der Waals surface area contributed by atoms with Crippen LogP contribution in [0.25, 0.3) is 11.0 Å². The number of likely N-dealkylation sites (tertiary alicyclic amines) is 1. The molecule has 0 bridgehead atoms. The Kier molecular flexibility index (Phi) is 11.5. The van der Waals surface area contributed by atoms with Crippen molar-refractivity contribution in [1.82, 2.24) is 34.9 Å². The van der Waals surface area contributed by atoms with Gasteiger partial charge in [0.05, 0.1) is 42.5 Å². The maximum Gasteiger partial charge on any atom is 0.410 e. The lowest BCUT2D eigenvalue weighted by atomic mass is 10.2. The molecular formula is C32H45N9O4. The molecule has 242 valence electrons. The van der Waals surface area contributed by atoms with Crippen LogP contribution in [0.15, 0.2) is 18.5 Å². The summed E-state index contributed by atoms with van der Waals surface area (Å²) in [7, 11) is 1.66. The normalized spacial score (nSPS) is 14.6. The SMILES string of the molecule is CCCNc1nc(Nc2cnc3c(c2)c(C)nn3CCOC)ncc1C#CCCCNC(=O)[C@@H]1CCCN1C(=O)OC(C)(C)C. The van der Waals surface area contributed by atoms with Crippen LogP contribution in [0.1, 0.15) is 71.1 Å². The lowest BCUT2D eigenvalue weighted by Crippen LogP contribution is -2.47. The first kappa shape index (κ1) is 33.5. The molecule has 0 aliphatic carbocycles. The van der Waals surface area contributed by atoms with E-state index < -0.39 is 17.7 Å². The number of hydrogen-bond acceptors (Lipinski definition) is 10. The predicted molar refractivity (Wildman–Crippen MR) is 173 cm³/mol. The van der Waals surface area contributed by atoms with E-state index in [4.69, 9.17) is 9.47 Å². The third-order valence-corrected chi connectivity index (χ3v) is 7.05. The lowest BCUT2D eigenvalue weighted by Gasteiger charge is -2.28. The van der Waals surface area contributed by atoms with Crippen molar-refractivity contribution >= 4 is 40.5 Å². The van der Waals surface area contributed by atoms with Crippen molar-refractivity contribution in [2.45, 2.75) is 84.9 Å². The van der Waals surface area contributed by atoms with Gasteiger partial charge in [-0.05, 0) is 59.4 Å². The van der Waals surface area contributed by atoms with Gasteiger partial charge >= 0.3 is 6.09 Å². The number of nitrogens with zero attached hydrogens (tertiary/aromatic N) is 6. The van der Waals surface area contributed by atoms with Crippen LogP contribution in [0.3, 0.4) is 0 Å². The van der Waals surface area contributed by atoms with Crippen molar-refractivity contribution in [2.75, 3.05) is 44.0 Å². The molecule has 0 spiro atoms. The number of rotatable bonds is 12. The Bertz CT molecular complexity index is 1540. The molecule has 0 radical (unpaired) electrons. The molecule has 4 heterocycles. The summed E-state index contributed by atoms with van der Waals surface area (Å²) < 4.78 is 12.5. The maximum atomic E-state index is 12.8. The zero-order valence-corrected chi connectivity index (χ0v) is 27.2. The number of hydrogen-bond donors (Lipinski definition) is 3. The minimum atomic E-state index is -0.602. The zero-order valence-electron chi connectivity index (χ0n) is 27.2. The first-order chi connectivity index (χ1) is 21.6. The van der Waals surface area contributed by atoms with Crippen molar-refractivity contribution in [3.63, 3.8) is 0 Å². The Morgan fingerprint density at radius 2 is 2.00 bits per heavy atom. The average Bonchev–Trinajstić information content (AvgIpc) is 3.61. The number of pyridine rings is 1. The van der Waals surface area contributed by atoms with E-state index in [0.717, 1.165) is 41.8 Å². The van der Waals surface area contributed by atoms with Crippen LogP contribution in [0, 0.1) is 18.8 Å². The second-order valence-corrected chi connectivity index (χ2v) is 11.9. The highest BCUT2D eigenvalue weighted by Gasteiger charge is 2.36. The number of fused-ring (bicyclic) bond motifs is 1. The molecule has 3 aromatic heterocycles. The van der Waals surface area contributed by atoms with Crippen molar-refractivity contribution < 1.29 is 19.1 Å². The fraction of sp³-hybridized carbons (Fsp3) is 0.562. The Hall–Kier alpha value is -4.44. The van der Waals surface area contributed by atoms with Gasteiger partial charge in [0.2, 0.25) is 11.9 Å². The number of ether oxygens (including phenoxy) is 2. The van der Waals surface area contributed by atoms with Gasteiger partial charge in [0.15, 0.2) is 5.65 Å². The van der Waals surface area contributed by atoms with Crippen LogP contribution in [-0.4, -0.2) is 86.6 Å². The summed E-state index contributed by atoms with van der Waals surface area (Å²) in [4.78, 5) is 40.6. The molecule has 3 N–H and O–H groups in total. The topological polar surface area (TPSA) is 148 Å². The van der Waals surface area contributed by atoms with Gasteiger partial charge in [0, 0.05) is 38.6 Å². The Morgan fingerprint density at radius 1 is 1.18 bits per heavy atom. The van der Waals surface area contributed by atoms with Gasteiger partial charge in [-0.1, -0.05) is 18.8 Å². The third-order valence-electron chi connectivity index (χ3n) is 7.05. The highest BCUT2D eigenvalue weighted by atomic mass is 16.6. The quantitative estimate of drug-likeness (QED) is 0.197. The van der Waals surface area contributed by atoms with Crippen LogP contribution in [0.4, 0.5) is 22.2 Å². The van der Waals surface area contributed by atoms with E-state index in [1.807, 2.05) is 38.4 Å². The molecule has 13 nitrogen and oxygen atoms in total. The lowest BCUT2D eigenvalue weighted by molar-refractivity contribution is -0.125. The minimum Gasteiger partial charge on any atom is -0.444 e. The van der Waals surface area contributed by atoms with Crippen molar-refractivity contribution in [1.29, 1.82) is 0 Å². The highest BCUT2D eigenvalue weighted by Crippen LogP contribution is 2.23. The van der Waals surface area contributed by atoms with Crippen molar-refractivity contribution in [3.05, 3.63) is 29.7 Å². The van der Waals surface area contributed by atoms with Crippen LogP contribution >= 0.6 is 0 Å². The Balaban J connectivity index is 1.33. The molecule has 0 saturated carbocycles. The number of anilines is 3. The van der Waals surface area contributed by atoms with E-state index in [1.165, 1.54) is 4.90 Å². The molecular weight excluding hydrogens is 574 g/mol. The first-order valence-corrected chi connectivity index (χ1v) is 15.6. The summed E-state index contributed by atoms with van der Waals surface area (Å²) >= 11 is 0. The molecule has 4 rings (SSSR count). The number of amides is 2. The van der Waals surface area contributed by atoms with Crippen LogP contribution in [0.5, 0.6) is 0 Å². The van der Waals surface area contributed by atoms with Gasteiger partial charge in [-0.3, -0.25) is 9.69 Å². The van der Waals surface area contributed by atoms with Gasteiger partial charge < -0.3 is 25.4 Å². The molecule has 1 aliphatic rings. The maximum absolute atomic E-state index is 12.8. The average molecular weight is 620 g/mol. The zero-order chi connectivity index (χ0) is 32.4. The van der Waals surface area contributed by atoms with E-state index in [1.54, 1.807) is 19.5 Å². The van der Waals surface area contributed by atoms with Crippen LogP contribution in [-0.2, 0) is 20.8 Å². The first-order valence-electron chi connectivity index (χ1n) is 15.6. The number of unbranched alkanes of at least 4 members (excludes halogenated alkanes) is 1. The Morgan fingerprint density at radius 3 is 2.76 bits per heavy atom. The van der Waals surface area contributed by atoms with Gasteiger partial charge in [0.25, 0.3) is 0 Å². The molecule has 3 aromatic rings. The van der Waals surface area contributed by atoms with E-state index >= 15 is 0 Å². The fourth-order valence-electron chi connectivity index (χ4n) is 4.90. The number of aromatic nitrogens is 5. The van der Waals surface area contributed by atoms with Gasteiger partial charge in [-0.2, -0.15) is 10.1 Å². The van der Waals surface area contributed by atoms with E-state index in [0.29, 0.717) is 62.8 Å². The third kappa shape index (κ3) is 9.28. The predicted octanol–water partition coefficient (Wildman–Crippen LogP) is 4.39. The Labute approximate surface area is 264 Å². The summed E-state index contributed by atoms with van der Waals surface area (Å²) in [5, 5.41) is 15.1. The van der Waals surface area contributed by atoms with E-state index in [9.17, 15) is 9.59 Å². The second-order valence-electron chi connectivity index (χ2n) is 11.9. The molecule has 1 fully saturated rings. The van der Waals surface area contributed by atoms with Crippen LogP contribution in [0.2, 0.25) is 0 Å². The summed E-state index contributed by atoms with van der Waals surface area (Å²) in [5.74, 6) is 7.27. The van der Waals surface area contributed by atoms with Crippen molar-refractivity contribution in [3.8, 4) is 11.8 Å². The number of carbonyl (C=O) groups excluding carboxylic acids is 2. The molecule has 2 amide bonds. The number of nitrogens with one attached hydrogen (secondary N) is 3. The van der Waals surface area contributed by atoms with Crippen molar-refractivity contribution in [2.24, 2.45) is 0 Å². The molecule has 1 atom stereocenters. The largest absolute Gasteiger partial charge is 0.444 e. The molecule has 1 saturated heterocycles. The molecule has 13 heteroatoms. The van der Waals surface area contributed by atoms with E-state index in [2.05, 4.69) is 54.8 Å². The second kappa shape index (κ2) is 15.5. The smallest absolute Gasteiger partial charge is 0.410 e. The molecule has 45 heavy (non-hydrogen) atoms. The van der Waals surface area contributed by atoms with Gasteiger partial charge in [-0.15, -0.1) is 0 Å². The van der Waals surface area contributed by atoms with Gasteiger partial charge in [0.1, 0.15) is 17.5 Å². The molecule has 0 unspecified atom stereocenters. The summed E-state index contributed by atoms with van der Waals surface area (Å²) in [5.41, 5.74) is 2.53. The number of aryl methyl sites for hydroxylation is 1. The summed E-state index contributed by atoms with van der Waals surface area (Å²) in [6, 6.07) is 1.49. The molecule has 1 aliphatic heterocycles. The number of carbonyl (C=O) groups is 2. The minimum absolute atomic E-state index is 0.154. The fourth-order valence-corrected chi connectivity index (χ4v) is 4.90. The van der Waals surface area contributed by atoms with Gasteiger partial charge in [-0.25, -0.2) is 19.4 Å². The monoisotopic (exact) mass is 619 g/mol. The number of methoxy groups -OCH3 is 1. The van der Waals surface area contributed by atoms with E-state index in [-0.39, 0.29) is 5.91 Å². The summed E-state index contributed by atoms with van der Waals surface area (Å²) in [6.07, 6.45) is 6.59. The molecule has 0 aromatic carbocycles. The summed E-state index contributed by atoms with van der Waals surface area (Å²) in [6.45, 7) is 12.4. The standard InChI is InChI=1S/C32H45N9O4/c1-7-14-33-27-23(12-9-8-10-15-34-29(42)26-13-11-16-40(26)31(43)45-32(3,4)5)20-36-30(38-27)37-24-19-25-22(2)39-41(17-18-44-6)28(25)35-21-24/h19-21,26H,7-8,10-11,13-18H2,1-6H3,(H,34,42)(H2,33,36,37,38)/t26-/m0/s1. The van der Waals surface area contributed by atoms with Crippen LogP contribution < -0.4 is 16.0 Å².